The topological polar surface area (TPSA) is 194 Å². The van der Waals surface area contributed by atoms with E-state index in [-0.39, 0.29) is 18.9 Å². The van der Waals surface area contributed by atoms with Crippen LogP contribution in [-0.2, 0) is 20.9 Å². The Bertz CT molecular complexity index is 834. The van der Waals surface area contributed by atoms with Crippen LogP contribution in [0, 0.1) is 24.7 Å². The van der Waals surface area contributed by atoms with Gasteiger partial charge in [-0.2, -0.15) is 0 Å². The molecular formula is C20H27AtN4O8. The smallest absolute Gasteiger partial charge is 0.326 e. The Labute approximate surface area is 205 Å². The van der Waals surface area contributed by atoms with Crippen molar-refractivity contribution in [2.45, 2.75) is 50.7 Å². The molecule has 182 valence electrons. The number of rotatable bonds is 14. The number of benzene rings is 1. The minimum absolute atomic E-state index is 0.0591. The van der Waals surface area contributed by atoms with Crippen LogP contribution >= 0.6 is 0 Å². The number of urea groups is 2. The molecule has 13 heteroatoms. The van der Waals surface area contributed by atoms with E-state index in [2.05, 4.69) is 21.3 Å². The predicted molar refractivity (Wildman–Crippen MR) is 112 cm³/mol. The monoisotopic (exact) mass is 661 g/mol. The first-order chi connectivity index (χ1) is 15.6. The third-order valence-electron chi connectivity index (χ3n) is 4.43. The second kappa shape index (κ2) is 15.0. The van der Waals surface area contributed by atoms with Gasteiger partial charge in [0.1, 0.15) is 12.1 Å². The van der Waals surface area contributed by atoms with Gasteiger partial charge in [0.25, 0.3) is 0 Å². The van der Waals surface area contributed by atoms with Gasteiger partial charge in [-0.25, -0.2) is 14.4 Å². The molecule has 0 bridgehead atoms. The maximum absolute atomic E-state index is 11.9. The predicted octanol–water partition coefficient (Wildman–Crippen LogP) is -0.0989. The van der Waals surface area contributed by atoms with E-state index >= 15 is 0 Å². The number of unbranched alkanes of at least 4 members (excludes halogenated alkanes) is 1. The summed E-state index contributed by atoms with van der Waals surface area (Å²) in [7, 11) is 0. The zero-order valence-corrected chi connectivity index (χ0v) is 20.6. The van der Waals surface area contributed by atoms with E-state index in [4.69, 9.17) is 10.2 Å². The summed E-state index contributed by atoms with van der Waals surface area (Å²) in [5.41, 5.74) is 0.965. The van der Waals surface area contributed by atoms with Gasteiger partial charge in [-0.1, -0.05) is 0 Å². The quantitative estimate of drug-likeness (QED) is 0.134. The van der Waals surface area contributed by atoms with E-state index in [0.29, 0.717) is 25.9 Å². The molecule has 12 nitrogen and oxygen atoms in total. The van der Waals surface area contributed by atoms with Crippen molar-refractivity contribution < 1.29 is 64.0 Å². The third-order valence-corrected chi connectivity index (χ3v) is 5.40. The van der Waals surface area contributed by atoms with Crippen molar-refractivity contribution in [3.8, 4) is 0 Å². The van der Waals surface area contributed by atoms with Gasteiger partial charge >= 0.3 is 136 Å². The van der Waals surface area contributed by atoms with Gasteiger partial charge in [0.05, 0.1) is 0 Å². The second-order valence-corrected chi connectivity index (χ2v) is 8.76. The van der Waals surface area contributed by atoms with Crippen molar-refractivity contribution >= 4 is 33.2 Å². The Morgan fingerprint density at radius 1 is 0.788 bits per heavy atom. The molecule has 7 N–H and O–H groups in total. The van der Waals surface area contributed by atoms with E-state index in [1.165, 1.54) is 3.27 Å². The molecule has 1 rings (SSSR count). The average molecular weight is 661 g/mol. The van der Waals surface area contributed by atoms with Gasteiger partial charge in [-0.15, -0.1) is 0 Å². The fourth-order valence-corrected chi connectivity index (χ4v) is 3.15. The van der Waals surface area contributed by atoms with Crippen LogP contribution in [0.3, 0.4) is 0 Å². The zero-order valence-electron chi connectivity index (χ0n) is 17.7. The molecular weight excluding hydrogens is 634 g/mol. The number of hydrogen-bond acceptors (Lipinski definition) is 5. The van der Waals surface area contributed by atoms with E-state index in [0.717, 1.165) is 5.56 Å². The molecule has 0 aliphatic rings. The average Bonchev–Trinajstić information content (AvgIpc) is 2.74. The Hall–Kier alpha value is -2.95. The fourth-order valence-electron chi connectivity index (χ4n) is 2.66. The van der Waals surface area contributed by atoms with Gasteiger partial charge in [-0.05, 0) is 6.42 Å². The molecule has 1 aromatic carbocycles. The Balaban J connectivity index is 2.32. The Morgan fingerprint density at radius 2 is 1.36 bits per heavy atom. The first-order valence-corrected chi connectivity index (χ1v) is 11.6. The van der Waals surface area contributed by atoms with Crippen LogP contribution in [0.5, 0.6) is 0 Å². The second-order valence-electron chi connectivity index (χ2n) is 7.06. The van der Waals surface area contributed by atoms with Crippen LogP contribution in [0.15, 0.2) is 24.3 Å². The summed E-state index contributed by atoms with van der Waals surface area (Å²) in [6.07, 6.45) is 0.0884. The third kappa shape index (κ3) is 12.6. The minimum Gasteiger partial charge on any atom is -0.480 e. The summed E-state index contributed by atoms with van der Waals surface area (Å²) in [6.45, 7) is 0.680. The number of carbonyl (C=O) groups is 5. The molecule has 33 heavy (non-hydrogen) atoms. The first-order valence-electron chi connectivity index (χ1n) is 10.1. The van der Waals surface area contributed by atoms with Crippen LogP contribution < -0.4 is 24.5 Å². The van der Waals surface area contributed by atoms with Crippen molar-refractivity contribution in [2.24, 2.45) is 0 Å². The summed E-state index contributed by atoms with van der Waals surface area (Å²) >= 11 is 1.57. The van der Waals surface area contributed by atoms with E-state index in [1.807, 2.05) is 24.3 Å². The first kappa shape index (κ1) is 28.1. The molecule has 4 amide bonds. The summed E-state index contributed by atoms with van der Waals surface area (Å²) in [5.74, 6) is -3.94. The van der Waals surface area contributed by atoms with Crippen LogP contribution in [0.2, 0.25) is 0 Å². The number of aliphatic carboxylic acids is 3. The summed E-state index contributed by atoms with van der Waals surface area (Å²) in [4.78, 5) is 56.8. The number of nitrogens with one attached hydrogen (secondary N) is 4. The van der Waals surface area contributed by atoms with Crippen LogP contribution in [-0.4, -0.2) is 63.9 Å². The molecule has 1 aromatic rings. The molecule has 0 aliphatic heterocycles. The molecule has 0 spiro atoms. The minimum atomic E-state index is -1.46. The fraction of sp³-hybridized carbons (Fsp3) is 0.450. The molecule has 0 radical (unpaired) electrons. The summed E-state index contributed by atoms with van der Waals surface area (Å²) in [5, 5.41) is 36.6. The Kier molecular flexibility index (Phi) is 12.8. The van der Waals surface area contributed by atoms with Crippen molar-refractivity contribution in [1.29, 1.82) is 0 Å². The molecule has 2 atom stereocenters. The largest absolute Gasteiger partial charge is 0.480 e. The summed E-state index contributed by atoms with van der Waals surface area (Å²) < 4.78 is 1.18. The number of amides is 4. The standard InChI is InChI=1S/C20H27AtN4O8/c21-13-6-4-12(5-7-13)11-23-19(32)22-10-2-1-3-14(17(28)29)24-20(33)25-15(18(30)31)8-9-16(26)27/h4-7,14-15H,1-3,8-11H2,(H,26,27)(H,28,29)(H,30,31)(H2,22,23,32)(H2,24,25,33)/t14?,15-/m0/s1. The molecule has 0 heterocycles. The van der Waals surface area contributed by atoms with Crippen LogP contribution in [0.1, 0.15) is 37.7 Å². The van der Waals surface area contributed by atoms with Gasteiger partial charge in [0, 0.05) is 6.42 Å². The molecule has 0 saturated carbocycles. The SMILES string of the molecule is O=C(O)CC[C@H](NC(=O)NC(CCCCNC(=O)NCc1ccc([At])cc1)C(=O)O)C(=O)O. The van der Waals surface area contributed by atoms with Crippen molar-refractivity contribution in [2.75, 3.05) is 6.54 Å². The van der Waals surface area contributed by atoms with E-state index in [1.54, 1.807) is 24.7 Å². The molecule has 0 aromatic heterocycles. The maximum Gasteiger partial charge on any atom is 0.326 e. The van der Waals surface area contributed by atoms with Crippen molar-refractivity contribution in [3.63, 3.8) is 0 Å². The maximum atomic E-state index is 11.9. The van der Waals surface area contributed by atoms with Crippen LogP contribution in [0.4, 0.5) is 9.59 Å². The number of carboxylic acids is 3. The van der Waals surface area contributed by atoms with E-state index < -0.39 is 42.4 Å². The molecule has 1 unspecified atom stereocenters. The van der Waals surface area contributed by atoms with Gasteiger partial charge in [0.15, 0.2) is 0 Å². The summed E-state index contributed by atoms with van der Waals surface area (Å²) in [6, 6.07) is 3.69. The Morgan fingerprint density at radius 3 is 1.91 bits per heavy atom. The molecule has 0 fully saturated rings. The van der Waals surface area contributed by atoms with Gasteiger partial charge in [-0.3, -0.25) is 4.79 Å². The molecule has 0 saturated heterocycles. The van der Waals surface area contributed by atoms with Crippen molar-refractivity contribution in [3.05, 3.63) is 29.8 Å². The zero-order chi connectivity index (χ0) is 24.8. The normalized spacial score (nSPS) is 12.2. The molecule has 0 aliphatic carbocycles. The van der Waals surface area contributed by atoms with Gasteiger partial charge < -0.3 is 26.0 Å². The van der Waals surface area contributed by atoms with Crippen LogP contribution in [0.25, 0.3) is 0 Å². The number of carbonyl (C=O) groups excluding carboxylic acids is 2. The van der Waals surface area contributed by atoms with E-state index in [9.17, 15) is 29.1 Å². The number of hydrogen-bond donors (Lipinski definition) is 7. The van der Waals surface area contributed by atoms with Gasteiger partial charge in [0.2, 0.25) is 0 Å². The van der Waals surface area contributed by atoms with Crippen molar-refractivity contribution in [1.82, 2.24) is 21.3 Å². The number of carboxylic acid groups (broad SMARTS) is 3.